The Morgan fingerprint density at radius 3 is 2.33 bits per heavy atom. The SMILES string of the molecule is C[C@@H](CO)C1(C)CNC1. The van der Waals surface area contributed by atoms with E-state index in [2.05, 4.69) is 19.2 Å². The fraction of sp³-hybridized carbons (Fsp3) is 1.00. The summed E-state index contributed by atoms with van der Waals surface area (Å²) in [6, 6.07) is 0. The highest BCUT2D eigenvalue weighted by Gasteiger charge is 2.36. The van der Waals surface area contributed by atoms with E-state index in [-0.39, 0.29) is 0 Å². The molecule has 0 unspecified atom stereocenters. The van der Waals surface area contributed by atoms with E-state index < -0.39 is 0 Å². The van der Waals surface area contributed by atoms with E-state index in [1.807, 2.05) is 0 Å². The molecule has 0 amide bonds. The lowest BCUT2D eigenvalue weighted by Crippen LogP contribution is -2.55. The minimum atomic E-state index is 0.318. The molecule has 1 heterocycles. The zero-order chi connectivity index (χ0) is 6.91. The standard InChI is InChI=1S/C7H15NO/c1-6(3-9)7(2)4-8-5-7/h6,8-9H,3-5H2,1-2H3/t6-/m0/s1. The van der Waals surface area contributed by atoms with Gasteiger partial charge >= 0.3 is 0 Å². The molecule has 0 spiro atoms. The Kier molecular flexibility index (Phi) is 1.78. The molecule has 0 radical (unpaired) electrons. The van der Waals surface area contributed by atoms with Gasteiger partial charge in [-0.05, 0) is 11.3 Å². The van der Waals surface area contributed by atoms with Crippen LogP contribution in [0, 0.1) is 11.3 Å². The molecule has 1 saturated heterocycles. The molecule has 1 atom stereocenters. The van der Waals surface area contributed by atoms with Crippen LogP contribution in [0.4, 0.5) is 0 Å². The van der Waals surface area contributed by atoms with Crippen LogP contribution in [0.1, 0.15) is 13.8 Å². The first kappa shape index (κ1) is 7.03. The Morgan fingerprint density at radius 1 is 1.67 bits per heavy atom. The molecule has 0 aromatic rings. The van der Waals surface area contributed by atoms with Crippen molar-refractivity contribution in [1.29, 1.82) is 0 Å². The number of hydrogen-bond acceptors (Lipinski definition) is 2. The van der Waals surface area contributed by atoms with Crippen LogP contribution in [-0.4, -0.2) is 24.8 Å². The zero-order valence-electron chi connectivity index (χ0n) is 6.15. The smallest absolute Gasteiger partial charge is 0.0462 e. The van der Waals surface area contributed by atoms with E-state index >= 15 is 0 Å². The van der Waals surface area contributed by atoms with Gasteiger partial charge in [0, 0.05) is 19.7 Å². The van der Waals surface area contributed by atoms with Crippen LogP contribution < -0.4 is 5.32 Å². The molecule has 1 aliphatic rings. The quantitative estimate of drug-likeness (QED) is 0.559. The second-order valence-corrected chi connectivity index (χ2v) is 3.34. The predicted octanol–water partition coefficient (Wildman–Crippen LogP) is 0.224. The van der Waals surface area contributed by atoms with E-state index in [9.17, 15) is 0 Å². The van der Waals surface area contributed by atoms with Gasteiger partial charge in [-0.1, -0.05) is 13.8 Å². The number of aliphatic hydroxyl groups is 1. The minimum absolute atomic E-state index is 0.318. The summed E-state index contributed by atoms with van der Waals surface area (Å²) >= 11 is 0. The van der Waals surface area contributed by atoms with Crippen molar-refractivity contribution in [2.45, 2.75) is 13.8 Å². The summed E-state index contributed by atoms with van der Waals surface area (Å²) in [6.45, 7) is 6.76. The molecule has 0 aromatic heterocycles. The summed E-state index contributed by atoms with van der Waals surface area (Å²) < 4.78 is 0. The average molecular weight is 129 g/mol. The highest BCUT2D eigenvalue weighted by Crippen LogP contribution is 2.30. The molecule has 2 N–H and O–H groups in total. The molecular formula is C7H15NO. The first-order chi connectivity index (χ1) is 4.19. The first-order valence-corrected chi connectivity index (χ1v) is 3.50. The van der Waals surface area contributed by atoms with Crippen LogP contribution in [-0.2, 0) is 0 Å². The van der Waals surface area contributed by atoms with Gasteiger partial charge in [-0.25, -0.2) is 0 Å². The molecule has 54 valence electrons. The van der Waals surface area contributed by atoms with Crippen molar-refractivity contribution in [2.75, 3.05) is 19.7 Å². The van der Waals surface area contributed by atoms with Crippen molar-refractivity contribution in [2.24, 2.45) is 11.3 Å². The van der Waals surface area contributed by atoms with E-state index in [4.69, 9.17) is 5.11 Å². The normalized spacial score (nSPS) is 27.0. The van der Waals surface area contributed by atoms with Crippen LogP contribution in [0.3, 0.4) is 0 Å². The Balaban J connectivity index is 2.38. The largest absolute Gasteiger partial charge is 0.396 e. The summed E-state index contributed by atoms with van der Waals surface area (Å²) in [6.07, 6.45) is 0. The number of rotatable bonds is 2. The van der Waals surface area contributed by atoms with E-state index in [1.165, 1.54) is 0 Å². The van der Waals surface area contributed by atoms with E-state index in [0.29, 0.717) is 17.9 Å². The Bertz CT molecular complexity index is 99.1. The van der Waals surface area contributed by atoms with Gasteiger partial charge in [0.25, 0.3) is 0 Å². The highest BCUT2D eigenvalue weighted by molar-refractivity contribution is 4.91. The monoisotopic (exact) mass is 129 g/mol. The summed E-state index contributed by atoms with van der Waals surface area (Å²) in [5.74, 6) is 0.443. The van der Waals surface area contributed by atoms with Gasteiger partial charge in [-0.15, -0.1) is 0 Å². The lowest BCUT2D eigenvalue weighted by Gasteiger charge is -2.43. The van der Waals surface area contributed by atoms with Crippen molar-refractivity contribution in [1.82, 2.24) is 5.32 Å². The van der Waals surface area contributed by atoms with Gasteiger partial charge in [0.15, 0.2) is 0 Å². The highest BCUT2D eigenvalue weighted by atomic mass is 16.3. The van der Waals surface area contributed by atoms with Crippen LogP contribution >= 0.6 is 0 Å². The van der Waals surface area contributed by atoms with Crippen molar-refractivity contribution in [3.8, 4) is 0 Å². The summed E-state index contributed by atoms with van der Waals surface area (Å²) in [7, 11) is 0. The van der Waals surface area contributed by atoms with Gasteiger partial charge < -0.3 is 10.4 Å². The van der Waals surface area contributed by atoms with Gasteiger partial charge in [-0.3, -0.25) is 0 Å². The molecule has 2 heteroatoms. The second-order valence-electron chi connectivity index (χ2n) is 3.34. The molecule has 1 fully saturated rings. The van der Waals surface area contributed by atoms with Crippen molar-refractivity contribution in [3.05, 3.63) is 0 Å². The van der Waals surface area contributed by atoms with Gasteiger partial charge in [0.2, 0.25) is 0 Å². The average Bonchev–Trinajstić information content (AvgIpc) is 1.81. The number of nitrogens with one attached hydrogen (secondary N) is 1. The summed E-state index contributed by atoms with van der Waals surface area (Å²) in [4.78, 5) is 0. The maximum Gasteiger partial charge on any atom is 0.0462 e. The third-order valence-corrected chi connectivity index (χ3v) is 2.52. The molecule has 0 aliphatic carbocycles. The topological polar surface area (TPSA) is 32.3 Å². The lowest BCUT2D eigenvalue weighted by atomic mass is 9.74. The third kappa shape index (κ3) is 1.10. The fourth-order valence-electron chi connectivity index (χ4n) is 1.09. The zero-order valence-corrected chi connectivity index (χ0v) is 6.15. The molecule has 1 rings (SSSR count). The van der Waals surface area contributed by atoms with Crippen molar-refractivity contribution < 1.29 is 5.11 Å². The van der Waals surface area contributed by atoms with Gasteiger partial charge in [-0.2, -0.15) is 0 Å². The summed E-state index contributed by atoms with van der Waals surface area (Å²) in [5, 5.41) is 12.0. The number of hydrogen-bond donors (Lipinski definition) is 2. The van der Waals surface area contributed by atoms with E-state index in [1.54, 1.807) is 0 Å². The van der Waals surface area contributed by atoms with Crippen LogP contribution in [0.2, 0.25) is 0 Å². The summed E-state index contributed by atoms with van der Waals surface area (Å²) in [5.41, 5.74) is 0.370. The molecule has 2 nitrogen and oxygen atoms in total. The molecule has 0 aromatic carbocycles. The maximum absolute atomic E-state index is 8.81. The van der Waals surface area contributed by atoms with Gasteiger partial charge in [0.05, 0.1) is 0 Å². The predicted molar refractivity (Wildman–Crippen MR) is 37.2 cm³/mol. The number of aliphatic hydroxyl groups excluding tert-OH is 1. The molecule has 0 saturated carbocycles. The first-order valence-electron chi connectivity index (χ1n) is 3.50. The van der Waals surface area contributed by atoms with Gasteiger partial charge in [0.1, 0.15) is 0 Å². The van der Waals surface area contributed by atoms with Crippen LogP contribution in [0.5, 0.6) is 0 Å². The Morgan fingerprint density at radius 2 is 2.22 bits per heavy atom. The molecular weight excluding hydrogens is 114 g/mol. The molecule has 9 heavy (non-hydrogen) atoms. The third-order valence-electron chi connectivity index (χ3n) is 2.52. The van der Waals surface area contributed by atoms with Crippen molar-refractivity contribution in [3.63, 3.8) is 0 Å². The lowest BCUT2D eigenvalue weighted by molar-refractivity contribution is 0.0646. The van der Waals surface area contributed by atoms with Crippen molar-refractivity contribution >= 4 is 0 Å². The Hall–Kier alpha value is -0.0800. The second kappa shape index (κ2) is 2.27. The van der Waals surface area contributed by atoms with Crippen LogP contribution in [0.25, 0.3) is 0 Å². The maximum atomic E-state index is 8.81. The fourth-order valence-corrected chi connectivity index (χ4v) is 1.09. The molecule has 0 bridgehead atoms. The van der Waals surface area contributed by atoms with Crippen LogP contribution in [0.15, 0.2) is 0 Å². The minimum Gasteiger partial charge on any atom is -0.396 e. The molecule has 1 aliphatic heterocycles. The van der Waals surface area contributed by atoms with E-state index in [0.717, 1.165) is 13.1 Å². The Labute approximate surface area is 56.3 Å².